The summed E-state index contributed by atoms with van der Waals surface area (Å²) in [6.45, 7) is 3.50. The number of anilines is 1. The maximum atomic E-state index is 12.6. The molecule has 5 nitrogen and oxygen atoms in total. The summed E-state index contributed by atoms with van der Waals surface area (Å²) < 4.78 is 0. The van der Waals surface area contributed by atoms with Crippen molar-refractivity contribution in [2.45, 2.75) is 26.2 Å². The van der Waals surface area contributed by atoms with E-state index in [-0.39, 0.29) is 17.5 Å². The summed E-state index contributed by atoms with van der Waals surface area (Å²) >= 11 is 0. The van der Waals surface area contributed by atoms with Crippen molar-refractivity contribution in [2.24, 2.45) is 0 Å². The molecule has 124 valence electrons. The first-order valence-corrected chi connectivity index (χ1v) is 8.27. The molecule has 1 aliphatic heterocycles. The van der Waals surface area contributed by atoms with Gasteiger partial charge in [0.05, 0.1) is 0 Å². The monoisotopic (exact) mass is 323 g/mol. The number of nitrogens with zero attached hydrogens (tertiary/aromatic N) is 2. The van der Waals surface area contributed by atoms with Gasteiger partial charge >= 0.3 is 0 Å². The van der Waals surface area contributed by atoms with E-state index < -0.39 is 0 Å². The number of amides is 2. The highest BCUT2D eigenvalue weighted by Crippen LogP contribution is 2.16. The Morgan fingerprint density at radius 2 is 1.83 bits per heavy atom. The van der Waals surface area contributed by atoms with Crippen molar-refractivity contribution in [1.82, 2.24) is 9.88 Å². The van der Waals surface area contributed by atoms with E-state index in [9.17, 15) is 9.59 Å². The van der Waals surface area contributed by atoms with Gasteiger partial charge < -0.3 is 10.2 Å². The fourth-order valence-electron chi connectivity index (χ4n) is 2.87. The third-order valence-electron chi connectivity index (χ3n) is 4.28. The van der Waals surface area contributed by atoms with Crippen molar-refractivity contribution < 1.29 is 9.59 Å². The van der Waals surface area contributed by atoms with Crippen LogP contribution in [0.2, 0.25) is 0 Å². The van der Waals surface area contributed by atoms with Gasteiger partial charge in [-0.25, -0.2) is 0 Å². The molecule has 24 heavy (non-hydrogen) atoms. The Balaban J connectivity index is 1.76. The number of nitrogens with one attached hydrogen (secondary N) is 1. The summed E-state index contributed by atoms with van der Waals surface area (Å²) in [6, 6.07) is 10.8. The number of benzene rings is 1. The lowest BCUT2D eigenvalue weighted by Gasteiger charge is -2.26. The Kier molecular flexibility index (Phi) is 4.89. The number of likely N-dealkylation sites (tertiary alicyclic amines) is 1. The highest BCUT2D eigenvalue weighted by molar-refractivity contribution is 6.05. The Morgan fingerprint density at radius 1 is 1.08 bits per heavy atom. The fourth-order valence-corrected chi connectivity index (χ4v) is 2.87. The zero-order valence-corrected chi connectivity index (χ0v) is 13.8. The molecule has 1 N–H and O–H groups in total. The quantitative estimate of drug-likeness (QED) is 0.943. The van der Waals surface area contributed by atoms with E-state index in [4.69, 9.17) is 0 Å². The van der Waals surface area contributed by atoms with Gasteiger partial charge in [0.25, 0.3) is 11.8 Å². The predicted octanol–water partition coefficient (Wildman–Crippen LogP) is 3.27. The fraction of sp³-hybridized carbons (Fsp3) is 0.316. The molecule has 1 fully saturated rings. The predicted molar refractivity (Wildman–Crippen MR) is 93.1 cm³/mol. The highest BCUT2D eigenvalue weighted by Gasteiger charge is 2.19. The Hall–Kier alpha value is -2.69. The third kappa shape index (κ3) is 3.62. The van der Waals surface area contributed by atoms with Crippen molar-refractivity contribution in [3.05, 3.63) is 59.4 Å². The van der Waals surface area contributed by atoms with Crippen molar-refractivity contribution in [3.8, 4) is 0 Å². The van der Waals surface area contributed by atoms with Crippen LogP contribution in [-0.2, 0) is 0 Å². The largest absolute Gasteiger partial charge is 0.339 e. The third-order valence-corrected chi connectivity index (χ3v) is 4.28. The topological polar surface area (TPSA) is 62.3 Å². The minimum Gasteiger partial charge on any atom is -0.339 e. The van der Waals surface area contributed by atoms with E-state index in [2.05, 4.69) is 10.3 Å². The van der Waals surface area contributed by atoms with Crippen LogP contribution in [0.15, 0.2) is 42.6 Å². The second-order valence-electron chi connectivity index (χ2n) is 6.05. The average Bonchev–Trinajstić information content (AvgIpc) is 2.64. The maximum absolute atomic E-state index is 12.6. The SMILES string of the molecule is Cc1ccccc1NC(=O)c1cc(C(=O)N2CCCCC2)ccn1. The average molecular weight is 323 g/mol. The van der Waals surface area contributed by atoms with Gasteiger partial charge in [-0.3, -0.25) is 14.6 Å². The molecule has 1 aliphatic rings. The number of piperidine rings is 1. The van der Waals surface area contributed by atoms with Crippen molar-refractivity contribution in [3.63, 3.8) is 0 Å². The van der Waals surface area contributed by atoms with Crippen molar-refractivity contribution in [2.75, 3.05) is 18.4 Å². The Labute approximate surface area is 141 Å². The smallest absolute Gasteiger partial charge is 0.274 e. The van der Waals surface area contributed by atoms with E-state index in [0.717, 1.165) is 37.2 Å². The minimum absolute atomic E-state index is 0.0259. The molecule has 3 rings (SSSR count). The molecule has 0 atom stereocenters. The molecule has 0 spiro atoms. The van der Waals surface area contributed by atoms with Crippen molar-refractivity contribution >= 4 is 17.5 Å². The number of hydrogen-bond acceptors (Lipinski definition) is 3. The van der Waals surface area contributed by atoms with E-state index >= 15 is 0 Å². The standard InChI is InChI=1S/C19H21N3O2/c1-14-7-3-4-8-16(14)21-18(23)17-13-15(9-10-20-17)19(24)22-11-5-2-6-12-22/h3-4,7-10,13H,2,5-6,11-12H2,1H3,(H,21,23). The lowest BCUT2D eigenvalue weighted by Crippen LogP contribution is -2.35. The molecule has 0 unspecified atom stereocenters. The minimum atomic E-state index is -0.308. The van der Waals surface area contributed by atoms with E-state index in [1.807, 2.05) is 36.1 Å². The van der Waals surface area contributed by atoms with E-state index in [1.54, 1.807) is 12.1 Å². The van der Waals surface area contributed by atoms with Crippen LogP contribution >= 0.6 is 0 Å². The molecule has 1 saturated heterocycles. The number of carbonyl (C=O) groups excluding carboxylic acids is 2. The van der Waals surface area contributed by atoms with Crippen LogP contribution in [0.25, 0.3) is 0 Å². The van der Waals surface area contributed by atoms with Crippen LogP contribution in [0.1, 0.15) is 45.7 Å². The van der Waals surface area contributed by atoms with E-state index in [0.29, 0.717) is 5.56 Å². The normalized spacial score (nSPS) is 14.3. The zero-order chi connectivity index (χ0) is 16.9. The Morgan fingerprint density at radius 3 is 2.58 bits per heavy atom. The molecule has 0 radical (unpaired) electrons. The molecule has 1 aromatic heterocycles. The maximum Gasteiger partial charge on any atom is 0.274 e. The van der Waals surface area contributed by atoms with Crippen LogP contribution < -0.4 is 5.32 Å². The van der Waals surface area contributed by atoms with E-state index in [1.165, 1.54) is 12.6 Å². The summed E-state index contributed by atoms with van der Waals surface area (Å²) in [7, 11) is 0. The summed E-state index contributed by atoms with van der Waals surface area (Å²) in [6.07, 6.45) is 4.77. The lowest BCUT2D eigenvalue weighted by molar-refractivity contribution is 0.0724. The van der Waals surface area contributed by atoms with Gasteiger partial charge in [0, 0.05) is 30.5 Å². The first-order chi connectivity index (χ1) is 11.6. The molecular weight excluding hydrogens is 302 g/mol. The van der Waals surface area contributed by atoms with Crippen LogP contribution in [-0.4, -0.2) is 34.8 Å². The van der Waals surface area contributed by atoms with Gasteiger partial charge in [0.15, 0.2) is 0 Å². The number of aryl methyl sites for hydroxylation is 1. The number of rotatable bonds is 3. The second-order valence-corrected chi connectivity index (χ2v) is 6.05. The van der Waals surface area contributed by atoms with Gasteiger partial charge in [-0.1, -0.05) is 18.2 Å². The first-order valence-electron chi connectivity index (χ1n) is 8.27. The van der Waals surface area contributed by atoms with Gasteiger partial charge in [0.2, 0.25) is 0 Å². The number of pyridine rings is 1. The molecule has 2 heterocycles. The molecule has 2 amide bonds. The number of carbonyl (C=O) groups is 2. The van der Waals surface area contributed by atoms with Crippen molar-refractivity contribution in [1.29, 1.82) is 0 Å². The first kappa shape index (κ1) is 16.2. The van der Waals surface area contributed by atoms with Crippen LogP contribution in [0.5, 0.6) is 0 Å². The van der Waals surface area contributed by atoms with Gasteiger partial charge in [0.1, 0.15) is 5.69 Å². The number of hydrogen-bond donors (Lipinski definition) is 1. The van der Waals surface area contributed by atoms with Gasteiger partial charge in [-0.05, 0) is 49.9 Å². The van der Waals surface area contributed by atoms with Gasteiger partial charge in [-0.2, -0.15) is 0 Å². The molecule has 0 saturated carbocycles. The van der Waals surface area contributed by atoms with Crippen LogP contribution in [0.3, 0.4) is 0 Å². The summed E-state index contributed by atoms with van der Waals surface area (Å²) in [5, 5.41) is 2.85. The molecule has 1 aromatic carbocycles. The van der Waals surface area contributed by atoms with Crippen LogP contribution in [0.4, 0.5) is 5.69 Å². The molecule has 2 aromatic rings. The summed E-state index contributed by atoms with van der Waals surface area (Å²) in [4.78, 5) is 30.9. The summed E-state index contributed by atoms with van der Waals surface area (Å²) in [5.74, 6) is -0.334. The number of para-hydroxylation sites is 1. The van der Waals surface area contributed by atoms with Gasteiger partial charge in [-0.15, -0.1) is 0 Å². The molecular formula is C19H21N3O2. The van der Waals surface area contributed by atoms with Crippen LogP contribution in [0, 0.1) is 6.92 Å². The highest BCUT2D eigenvalue weighted by atomic mass is 16.2. The molecule has 5 heteroatoms. The number of aromatic nitrogens is 1. The zero-order valence-electron chi connectivity index (χ0n) is 13.8. The lowest BCUT2D eigenvalue weighted by atomic mass is 10.1. The second kappa shape index (κ2) is 7.25. The molecule has 0 aliphatic carbocycles. The molecule has 0 bridgehead atoms. The summed E-state index contributed by atoms with van der Waals surface area (Å²) in [5.41, 5.74) is 2.49. The Bertz CT molecular complexity index is 752.